The van der Waals surface area contributed by atoms with Gasteiger partial charge in [0.1, 0.15) is 5.75 Å². The monoisotopic (exact) mass is 409 g/mol. The molecule has 1 N–H and O–H groups in total. The Morgan fingerprint density at radius 3 is 2.10 bits per heavy atom. The molecule has 0 saturated heterocycles. The predicted molar refractivity (Wildman–Crippen MR) is 117 cm³/mol. The van der Waals surface area contributed by atoms with Crippen LogP contribution in [0, 0.1) is 6.92 Å². The molecule has 0 saturated carbocycles. The zero-order valence-corrected chi connectivity index (χ0v) is 17.7. The molecule has 3 aromatic rings. The molecule has 29 heavy (non-hydrogen) atoms. The van der Waals surface area contributed by atoms with E-state index in [2.05, 4.69) is 29.0 Å². The summed E-state index contributed by atoms with van der Waals surface area (Å²) in [5.41, 5.74) is 3.45. The first-order chi connectivity index (χ1) is 14.0. The minimum Gasteiger partial charge on any atom is -0.497 e. The van der Waals surface area contributed by atoms with Crippen LogP contribution in [-0.2, 0) is 10.0 Å². The van der Waals surface area contributed by atoms with Crippen molar-refractivity contribution in [3.05, 3.63) is 95.6 Å². The number of rotatable bonds is 9. The molecule has 0 radical (unpaired) electrons. The third kappa shape index (κ3) is 5.68. The fourth-order valence-corrected chi connectivity index (χ4v) is 4.43. The molecule has 0 bridgehead atoms. The number of hydrogen-bond acceptors (Lipinski definition) is 3. The van der Waals surface area contributed by atoms with Gasteiger partial charge < -0.3 is 4.74 Å². The summed E-state index contributed by atoms with van der Waals surface area (Å²) in [6.45, 7) is 2.34. The molecule has 0 amide bonds. The van der Waals surface area contributed by atoms with E-state index >= 15 is 0 Å². The molecule has 0 aliphatic rings. The Kier molecular flexibility index (Phi) is 7.07. The van der Waals surface area contributed by atoms with E-state index in [4.69, 9.17) is 4.74 Å². The first kappa shape index (κ1) is 21.1. The van der Waals surface area contributed by atoms with E-state index in [1.807, 2.05) is 49.4 Å². The molecule has 0 fully saturated rings. The Bertz CT molecular complexity index is 998. The number of ether oxygens (including phenoxy) is 1. The van der Waals surface area contributed by atoms with Crippen LogP contribution in [0.2, 0.25) is 0 Å². The molecule has 0 aromatic heterocycles. The normalized spacial score (nSPS) is 12.5. The molecule has 0 aliphatic heterocycles. The highest BCUT2D eigenvalue weighted by molar-refractivity contribution is 7.89. The maximum absolute atomic E-state index is 12.5. The van der Waals surface area contributed by atoms with Gasteiger partial charge in [-0.25, -0.2) is 13.1 Å². The lowest BCUT2D eigenvalue weighted by Crippen LogP contribution is -2.25. The van der Waals surface area contributed by atoms with Crippen LogP contribution in [0.25, 0.3) is 0 Å². The second-order valence-corrected chi connectivity index (χ2v) is 8.86. The van der Waals surface area contributed by atoms with Gasteiger partial charge in [0, 0.05) is 12.5 Å². The predicted octanol–water partition coefficient (Wildman–Crippen LogP) is 4.89. The number of nitrogens with one attached hydrogen (secondary N) is 1. The standard InChI is InChI=1S/C24H27NO3S/c1-19-10-16-23(17-11-19)29(26,27)25-18-6-9-24(20-7-4-3-5-8-20)21-12-14-22(28-2)15-13-21/h3-5,7-8,10-17,24-25H,6,9,18H2,1-2H3. The molecule has 4 nitrogen and oxygen atoms in total. The van der Waals surface area contributed by atoms with E-state index in [0.717, 1.165) is 24.2 Å². The van der Waals surface area contributed by atoms with Crippen molar-refractivity contribution in [1.82, 2.24) is 4.72 Å². The molecule has 1 unspecified atom stereocenters. The van der Waals surface area contributed by atoms with E-state index in [0.29, 0.717) is 11.4 Å². The molecular formula is C24H27NO3S. The van der Waals surface area contributed by atoms with Gasteiger partial charge in [-0.3, -0.25) is 0 Å². The SMILES string of the molecule is COc1ccc(C(CCCNS(=O)(=O)c2ccc(C)cc2)c2ccccc2)cc1. The summed E-state index contributed by atoms with van der Waals surface area (Å²) in [5, 5.41) is 0. The van der Waals surface area contributed by atoms with Gasteiger partial charge in [0.05, 0.1) is 12.0 Å². The summed E-state index contributed by atoms with van der Waals surface area (Å²) in [4.78, 5) is 0.304. The van der Waals surface area contributed by atoms with Gasteiger partial charge in [0.15, 0.2) is 0 Å². The van der Waals surface area contributed by atoms with Crippen LogP contribution < -0.4 is 9.46 Å². The Morgan fingerprint density at radius 1 is 0.862 bits per heavy atom. The van der Waals surface area contributed by atoms with Gasteiger partial charge in [-0.2, -0.15) is 0 Å². The average Bonchev–Trinajstić information content (AvgIpc) is 2.75. The van der Waals surface area contributed by atoms with Gasteiger partial charge in [-0.05, 0) is 55.2 Å². The lowest BCUT2D eigenvalue weighted by molar-refractivity contribution is 0.414. The second kappa shape index (κ2) is 9.72. The summed E-state index contributed by atoms with van der Waals surface area (Å²) in [6, 6.07) is 25.3. The highest BCUT2D eigenvalue weighted by Crippen LogP contribution is 2.30. The molecule has 3 rings (SSSR count). The largest absolute Gasteiger partial charge is 0.497 e. The van der Waals surface area contributed by atoms with Crippen LogP contribution in [0.4, 0.5) is 0 Å². The summed E-state index contributed by atoms with van der Waals surface area (Å²) in [6.07, 6.45) is 1.57. The Labute approximate surface area is 173 Å². The zero-order chi connectivity index (χ0) is 20.7. The van der Waals surface area contributed by atoms with Gasteiger partial charge in [0.2, 0.25) is 10.0 Å². The van der Waals surface area contributed by atoms with Crippen molar-refractivity contribution in [2.45, 2.75) is 30.6 Å². The highest BCUT2D eigenvalue weighted by Gasteiger charge is 2.16. The maximum Gasteiger partial charge on any atom is 0.240 e. The molecule has 0 heterocycles. The van der Waals surface area contributed by atoms with Crippen molar-refractivity contribution in [2.24, 2.45) is 0 Å². The topological polar surface area (TPSA) is 55.4 Å². The van der Waals surface area contributed by atoms with Crippen LogP contribution in [-0.4, -0.2) is 22.1 Å². The minimum absolute atomic E-state index is 0.200. The first-order valence-electron chi connectivity index (χ1n) is 9.75. The van der Waals surface area contributed by atoms with Gasteiger partial charge in [-0.15, -0.1) is 0 Å². The minimum atomic E-state index is -3.48. The Balaban J connectivity index is 1.66. The summed E-state index contributed by atoms with van der Waals surface area (Å²) in [7, 11) is -1.82. The fourth-order valence-electron chi connectivity index (χ4n) is 3.36. The first-order valence-corrected chi connectivity index (χ1v) is 11.2. The number of sulfonamides is 1. The third-order valence-corrected chi connectivity index (χ3v) is 6.49. The Morgan fingerprint density at radius 2 is 1.48 bits per heavy atom. The molecule has 1 atom stereocenters. The third-order valence-electron chi connectivity index (χ3n) is 5.01. The quantitative estimate of drug-likeness (QED) is 0.512. The lowest BCUT2D eigenvalue weighted by atomic mass is 9.87. The molecule has 0 spiro atoms. The number of aryl methyl sites for hydroxylation is 1. The van der Waals surface area contributed by atoms with E-state index in [1.165, 1.54) is 11.1 Å². The van der Waals surface area contributed by atoms with Crippen LogP contribution in [0.5, 0.6) is 5.75 Å². The van der Waals surface area contributed by atoms with E-state index in [9.17, 15) is 8.42 Å². The van der Waals surface area contributed by atoms with Crippen molar-refractivity contribution < 1.29 is 13.2 Å². The summed E-state index contributed by atoms with van der Waals surface area (Å²) < 4.78 is 32.9. The van der Waals surface area contributed by atoms with E-state index in [-0.39, 0.29) is 5.92 Å². The van der Waals surface area contributed by atoms with Crippen molar-refractivity contribution in [3.63, 3.8) is 0 Å². The molecule has 5 heteroatoms. The average molecular weight is 410 g/mol. The van der Waals surface area contributed by atoms with Crippen LogP contribution in [0.15, 0.2) is 83.8 Å². The highest BCUT2D eigenvalue weighted by atomic mass is 32.2. The molecule has 3 aromatic carbocycles. The van der Waals surface area contributed by atoms with E-state index in [1.54, 1.807) is 19.2 Å². The maximum atomic E-state index is 12.5. The number of methoxy groups -OCH3 is 1. The van der Waals surface area contributed by atoms with E-state index < -0.39 is 10.0 Å². The van der Waals surface area contributed by atoms with Gasteiger partial charge in [-0.1, -0.05) is 60.2 Å². The van der Waals surface area contributed by atoms with Crippen molar-refractivity contribution in [3.8, 4) is 5.75 Å². The number of hydrogen-bond donors (Lipinski definition) is 1. The number of benzene rings is 3. The molecule has 0 aliphatic carbocycles. The van der Waals surface area contributed by atoms with Crippen molar-refractivity contribution >= 4 is 10.0 Å². The van der Waals surface area contributed by atoms with Crippen LogP contribution in [0.1, 0.15) is 35.4 Å². The van der Waals surface area contributed by atoms with Crippen molar-refractivity contribution in [1.29, 1.82) is 0 Å². The summed E-state index contributed by atoms with van der Waals surface area (Å²) >= 11 is 0. The molecular weight excluding hydrogens is 382 g/mol. The Hall–Kier alpha value is -2.63. The fraction of sp³-hybridized carbons (Fsp3) is 0.250. The van der Waals surface area contributed by atoms with Crippen molar-refractivity contribution in [2.75, 3.05) is 13.7 Å². The smallest absolute Gasteiger partial charge is 0.240 e. The second-order valence-electron chi connectivity index (χ2n) is 7.09. The van der Waals surface area contributed by atoms with Gasteiger partial charge >= 0.3 is 0 Å². The summed E-state index contributed by atoms with van der Waals surface area (Å²) in [5.74, 6) is 1.03. The van der Waals surface area contributed by atoms with Gasteiger partial charge in [0.25, 0.3) is 0 Å². The lowest BCUT2D eigenvalue weighted by Gasteiger charge is -2.19. The zero-order valence-electron chi connectivity index (χ0n) is 16.8. The molecule has 152 valence electrons. The van der Waals surface area contributed by atoms with Crippen LogP contribution in [0.3, 0.4) is 0 Å². The van der Waals surface area contributed by atoms with Crippen LogP contribution >= 0.6 is 0 Å².